The van der Waals surface area contributed by atoms with Crippen LogP contribution in [-0.2, 0) is 22.4 Å². The Balaban J connectivity index is 1.91. The zero-order valence-electron chi connectivity index (χ0n) is 19.0. The molecule has 0 fully saturated rings. The van der Waals surface area contributed by atoms with Gasteiger partial charge in [0.15, 0.2) is 0 Å². The number of rotatable bonds is 7. The van der Waals surface area contributed by atoms with E-state index in [1.54, 1.807) is 51.1 Å². The fourth-order valence-electron chi connectivity index (χ4n) is 3.40. The van der Waals surface area contributed by atoms with Crippen LogP contribution >= 0.6 is 15.9 Å². The van der Waals surface area contributed by atoms with Crippen LogP contribution in [0.15, 0.2) is 59.1 Å². The highest BCUT2D eigenvalue weighted by Gasteiger charge is 2.20. The average Bonchev–Trinajstić information content (AvgIpc) is 2.68. The molecular weight excluding hydrogens is 508 g/mol. The van der Waals surface area contributed by atoms with Gasteiger partial charge in [0.05, 0.1) is 12.0 Å². The van der Waals surface area contributed by atoms with Crippen LogP contribution in [0.5, 0.6) is 11.5 Å². The van der Waals surface area contributed by atoms with E-state index < -0.39 is 29.1 Å². The number of primary amides is 1. The summed E-state index contributed by atoms with van der Waals surface area (Å²) in [5, 5.41) is 0. The number of esters is 1. The monoisotopic (exact) mass is 531 g/mol. The van der Waals surface area contributed by atoms with Crippen molar-refractivity contribution in [2.45, 2.75) is 39.2 Å². The van der Waals surface area contributed by atoms with Crippen molar-refractivity contribution in [3.8, 4) is 11.5 Å². The van der Waals surface area contributed by atoms with E-state index in [2.05, 4.69) is 15.9 Å². The van der Waals surface area contributed by atoms with E-state index in [0.717, 1.165) is 12.1 Å². The second kappa shape index (κ2) is 10.3. The van der Waals surface area contributed by atoms with Crippen LogP contribution in [-0.4, -0.2) is 17.5 Å². The quantitative estimate of drug-likeness (QED) is 0.374. The molecule has 1 amide bonds. The molecule has 0 atom stereocenters. The van der Waals surface area contributed by atoms with Crippen molar-refractivity contribution in [1.82, 2.24) is 0 Å². The van der Waals surface area contributed by atoms with Crippen molar-refractivity contribution in [2.75, 3.05) is 0 Å². The lowest BCUT2D eigenvalue weighted by molar-refractivity contribution is -0.153. The van der Waals surface area contributed by atoms with Crippen LogP contribution in [0.2, 0.25) is 0 Å². The van der Waals surface area contributed by atoms with Gasteiger partial charge in [0.25, 0.3) is 5.91 Å². The second-order valence-electron chi connectivity index (χ2n) is 8.73. The first-order valence-corrected chi connectivity index (χ1v) is 11.3. The predicted octanol–water partition coefficient (Wildman–Crippen LogP) is 6.09. The molecule has 0 aliphatic rings. The molecule has 0 radical (unpaired) electrons. The number of nitrogens with two attached hydrogens (primary N) is 1. The Morgan fingerprint density at radius 1 is 1.00 bits per heavy atom. The molecule has 0 saturated carbocycles. The molecule has 3 aromatic carbocycles. The number of ether oxygens (including phenoxy) is 2. The van der Waals surface area contributed by atoms with E-state index >= 15 is 0 Å². The Labute approximate surface area is 205 Å². The lowest BCUT2D eigenvalue weighted by atomic mass is 9.98. The molecule has 2 N–H and O–H groups in total. The average molecular weight is 532 g/mol. The van der Waals surface area contributed by atoms with Crippen LogP contribution in [0.1, 0.15) is 47.8 Å². The van der Waals surface area contributed by atoms with Gasteiger partial charge in [-0.2, -0.15) is 0 Å². The first-order valence-electron chi connectivity index (χ1n) is 10.5. The minimum absolute atomic E-state index is 0.00832. The van der Waals surface area contributed by atoms with Gasteiger partial charge in [-0.15, -0.1) is 0 Å². The van der Waals surface area contributed by atoms with Gasteiger partial charge in [0, 0.05) is 17.0 Å². The molecule has 0 aliphatic heterocycles. The van der Waals surface area contributed by atoms with Gasteiger partial charge in [0.1, 0.15) is 28.7 Å². The number of amides is 1. The third-order valence-electron chi connectivity index (χ3n) is 4.69. The fourth-order valence-corrected chi connectivity index (χ4v) is 3.73. The summed E-state index contributed by atoms with van der Waals surface area (Å²) >= 11 is 3.19. The summed E-state index contributed by atoms with van der Waals surface area (Å²) in [7, 11) is 0. The van der Waals surface area contributed by atoms with Gasteiger partial charge < -0.3 is 15.2 Å². The number of benzene rings is 3. The molecule has 8 heteroatoms. The molecule has 0 spiro atoms. The molecule has 0 saturated heterocycles. The highest BCUT2D eigenvalue weighted by Crippen LogP contribution is 2.31. The van der Waals surface area contributed by atoms with E-state index in [0.29, 0.717) is 10.0 Å². The number of hydrogen-bond acceptors (Lipinski definition) is 4. The summed E-state index contributed by atoms with van der Waals surface area (Å²) in [5.74, 6) is -2.26. The van der Waals surface area contributed by atoms with Crippen LogP contribution in [0.25, 0.3) is 0 Å². The van der Waals surface area contributed by atoms with Crippen molar-refractivity contribution in [3.05, 3.63) is 93.0 Å². The summed E-state index contributed by atoms with van der Waals surface area (Å²) in [5.41, 5.74) is 5.98. The van der Waals surface area contributed by atoms with E-state index in [4.69, 9.17) is 15.2 Å². The van der Waals surface area contributed by atoms with Crippen molar-refractivity contribution in [3.63, 3.8) is 0 Å². The predicted molar refractivity (Wildman–Crippen MR) is 128 cm³/mol. The Morgan fingerprint density at radius 2 is 1.74 bits per heavy atom. The van der Waals surface area contributed by atoms with Gasteiger partial charge in [-0.3, -0.25) is 9.59 Å². The number of carbonyl (C=O) groups is 2. The van der Waals surface area contributed by atoms with E-state index in [1.807, 2.05) is 0 Å². The van der Waals surface area contributed by atoms with E-state index in [-0.39, 0.29) is 41.0 Å². The molecular formula is C26H24BrF2NO4. The fraction of sp³-hybridized carbons (Fsp3) is 0.231. The Kier molecular flexibility index (Phi) is 7.71. The first-order chi connectivity index (χ1) is 15.9. The maximum Gasteiger partial charge on any atom is 0.310 e. The third-order valence-corrected chi connectivity index (χ3v) is 5.18. The smallest absolute Gasteiger partial charge is 0.310 e. The van der Waals surface area contributed by atoms with Gasteiger partial charge in [-0.05, 0) is 67.8 Å². The largest absolute Gasteiger partial charge is 0.460 e. The SMILES string of the molecule is CC(C)(C)OC(=O)Cc1cccc(Oc2cc(F)cc(Cc3ccc(Br)cc3F)c2C(N)=O)c1. The second-order valence-corrected chi connectivity index (χ2v) is 9.64. The minimum atomic E-state index is -0.840. The number of hydrogen-bond donors (Lipinski definition) is 1. The normalized spacial score (nSPS) is 11.2. The lowest BCUT2D eigenvalue weighted by Crippen LogP contribution is -2.24. The zero-order chi connectivity index (χ0) is 25.0. The van der Waals surface area contributed by atoms with Crippen LogP contribution in [0.3, 0.4) is 0 Å². The molecule has 0 unspecified atom stereocenters. The summed E-state index contributed by atoms with van der Waals surface area (Å²) in [6, 6.07) is 13.2. The Bertz CT molecular complexity index is 1240. The summed E-state index contributed by atoms with van der Waals surface area (Å²) in [6.07, 6.45) is -0.0570. The van der Waals surface area contributed by atoms with Crippen molar-refractivity contribution in [2.24, 2.45) is 5.73 Å². The summed E-state index contributed by atoms with van der Waals surface area (Å²) < 4.78 is 40.5. The number of carbonyl (C=O) groups excluding carboxylic acids is 2. The molecule has 3 aromatic rings. The maximum absolute atomic E-state index is 14.5. The van der Waals surface area contributed by atoms with E-state index in [9.17, 15) is 18.4 Å². The molecule has 3 rings (SSSR count). The molecule has 34 heavy (non-hydrogen) atoms. The van der Waals surface area contributed by atoms with Crippen LogP contribution in [0, 0.1) is 11.6 Å². The molecule has 178 valence electrons. The zero-order valence-corrected chi connectivity index (χ0v) is 20.5. The highest BCUT2D eigenvalue weighted by atomic mass is 79.9. The summed E-state index contributed by atoms with van der Waals surface area (Å²) in [6.45, 7) is 5.33. The molecule has 0 heterocycles. The third kappa shape index (κ3) is 6.87. The van der Waals surface area contributed by atoms with E-state index in [1.165, 1.54) is 12.1 Å². The van der Waals surface area contributed by atoms with Gasteiger partial charge in [0.2, 0.25) is 0 Å². The topological polar surface area (TPSA) is 78.6 Å². The highest BCUT2D eigenvalue weighted by molar-refractivity contribution is 9.10. The van der Waals surface area contributed by atoms with Crippen molar-refractivity contribution in [1.29, 1.82) is 0 Å². The lowest BCUT2D eigenvalue weighted by Gasteiger charge is -2.19. The van der Waals surface area contributed by atoms with Gasteiger partial charge in [-0.25, -0.2) is 8.78 Å². The Morgan fingerprint density at radius 3 is 2.38 bits per heavy atom. The molecule has 0 aliphatic carbocycles. The number of halogens is 3. The van der Waals surface area contributed by atoms with Gasteiger partial charge in [-0.1, -0.05) is 34.1 Å². The van der Waals surface area contributed by atoms with Crippen LogP contribution in [0.4, 0.5) is 8.78 Å². The standard InChI is InChI=1S/C26H24BrF2NO4/c1-26(2,3)34-23(31)10-15-5-4-6-20(9-15)33-22-14-19(28)12-17(24(22)25(30)32)11-16-7-8-18(27)13-21(16)29/h4-9,12-14H,10-11H2,1-3H3,(H2,30,32). The van der Waals surface area contributed by atoms with Crippen molar-refractivity contribution < 1.29 is 27.8 Å². The van der Waals surface area contributed by atoms with Crippen LogP contribution < -0.4 is 10.5 Å². The van der Waals surface area contributed by atoms with Gasteiger partial charge >= 0.3 is 5.97 Å². The van der Waals surface area contributed by atoms with Crippen molar-refractivity contribution >= 4 is 27.8 Å². The Hall–Kier alpha value is -3.26. The minimum Gasteiger partial charge on any atom is -0.460 e. The molecule has 0 bridgehead atoms. The maximum atomic E-state index is 14.5. The first kappa shape index (κ1) is 25.4. The molecule has 5 nitrogen and oxygen atoms in total. The summed E-state index contributed by atoms with van der Waals surface area (Å²) in [4.78, 5) is 24.4. The molecule has 0 aromatic heterocycles.